The minimum atomic E-state index is 0.0967. The fraction of sp³-hybridized carbons (Fsp3) is 0.190. The van der Waals surface area contributed by atoms with Crippen LogP contribution < -0.4 is 9.64 Å². The van der Waals surface area contributed by atoms with Gasteiger partial charge in [-0.15, -0.1) is 11.3 Å². The normalized spacial score (nSPS) is 14.5. The molecule has 2 aliphatic heterocycles. The largest absolute Gasteiger partial charge is 0.488 e. The van der Waals surface area contributed by atoms with Crippen molar-refractivity contribution in [1.82, 2.24) is 0 Å². The fourth-order valence-corrected chi connectivity index (χ4v) is 4.97. The molecule has 25 heavy (non-hydrogen) atoms. The zero-order chi connectivity index (χ0) is 17.0. The fourth-order valence-electron chi connectivity index (χ4n) is 3.74. The third kappa shape index (κ3) is 2.21. The number of ether oxygens (including phenoxy) is 1. The topological polar surface area (TPSA) is 29.5 Å². The zero-order valence-corrected chi connectivity index (χ0v) is 14.7. The van der Waals surface area contributed by atoms with Crippen LogP contribution in [0, 0.1) is 6.92 Å². The van der Waals surface area contributed by atoms with Gasteiger partial charge in [-0.2, -0.15) is 0 Å². The summed E-state index contributed by atoms with van der Waals surface area (Å²) in [4.78, 5) is 17.0. The van der Waals surface area contributed by atoms with E-state index in [-0.39, 0.29) is 5.91 Å². The van der Waals surface area contributed by atoms with Crippen LogP contribution >= 0.6 is 11.3 Å². The van der Waals surface area contributed by atoms with Gasteiger partial charge in [-0.05, 0) is 42.7 Å². The summed E-state index contributed by atoms with van der Waals surface area (Å²) in [5, 5.41) is 0. The highest BCUT2D eigenvalue weighted by atomic mass is 32.1. The van der Waals surface area contributed by atoms with Crippen molar-refractivity contribution in [2.24, 2.45) is 0 Å². The molecule has 0 saturated heterocycles. The van der Waals surface area contributed by atoms with Gasteiger partial charge in [0, 0.05) is 28.2 Å². The molecule has 0 unspecified atom stereocenters. The Morgan fingerprint density at radius 3 is 2.92 bits per heavy atom. The first kappa shape index (κ1) is 14.7. The van der Waals surface area contributed by atoms with E-state index in [2.05, 4.69) is 19.1 Å². The average Bonchev–Trinajstić information content (AvgIpc) is 3.25. The molecule has 1 amide bonds. The molecule has 0 spiro atoms. The summed E-state index contributed by atoms with van der Waals surface area (Å²) in [6.45, 7) is 3.38. The van der Waals surface area contributed by atoms with Gasteiger partial charge in [-0.1, -0.05) is 30.3 Å². The third-order valence-corrected chi connectivity index (χ3v) is 6.18. The van der Waals surface area contributed by atoms with Crippen molar-refractivity contribution in [3.63, 3.8) is 0 Å². The molecule has 3 aromatic rings. The second kappa shape index (κ2) is 5.46. The number of hydrogen-bond acceptors (Lipinski definition) is 3. The molecular formula is C21H17NO2S. The monoisotopic (exact) mass is 347 g/mol. The van der Waals surface area contributed by atoms with E-state index in [1.807, 2.05) is 41.3 Å². The Morgan fingerprint density at radius 2 is 2.00 bits per heavy atom. The minimum Gasteiger partial charge on any atom is -0.488 e. The van der Waals surface area contributed by atoms with E-state index in [1.54, 1.807) is 11.3 Å². The van der Waals surface area contributed by atoms with Gasteiger partial charge in [-0.3, -0.25) is 4.79 Å². The lowest BCUT2D eigenvalue weighted by Gasteiger charge is -2.19. The van der Waals surface area contributed by atoms with Gasteiger partial charge in [0.05, 0.1) is 4.88 Å². The van der Waals surface area contributed by atoms with Crippen LogP contribution in [0.4, 0.5) is 5.69 Å². The first-order chi connectivity index (χ1) is 12.2. The molecular weight excluding hydrogens is 330 g/mol. The molecule has 3 heterocycles. The first-order valence-electron chi connectivity index (χ1n) is 8.47. The van der Waals surface area contributed by atoms with E-state index in [0.717, 1.165) is 40.4 Å². The number of carbonyl (C=O) groups excluding carboxylic acids is 1. The molecule has 0 atom stereocenters. The standard InChI is InChI=1S/C21H17NO2S/c1-13-5-4-8-17-19(13)20-15(12-24-17)11-18(25-20)21(23)22-10-9-14-6-2-3-7-16(14)22/h2-8,11H,9-10,12H2,1H3. The van der Waals surface area contributed by atoms with Gasteiger partial charge in [0.25, 0.3) is 5.91 Å². The summed E-state index contributed by atoms with van der Waals surface area (Å²) in [5.74, 6) is 1.01. The molecule has 0 N–H and O–H groups in total. The Kier molecular flexibility index (Phi) is 3.22. The number of aryl methyl sites for hydroxylation is 1. The quantitative estimate of drug-likeness (QED) is 0.632. The molecule has 0 radical (unpaired) electrons. The Labute approximate surface area is 150 Å². The Bertz CT molecular complexity index is 1000. The van der Waals surface area contributed by atoms with Gasteiger partial charge in [0.15, 0.2) is 0 Å². The molecule has 4 heteroatoms. The molecule has 0 saturated carbocycles. The number of hydrogen-bond donors (Lipinski definition) is 0. The predicted molar refractivity (Wildman–Crippen MR) is 101 cm³/mol. The van der Waals surface area contributed by atoms with Crippen molar-refractivity contribution in [1.29, 1.82) is 0 Å². The maximum absolute atomic E-state index is 13.1. The van der Waals surface area contributed by atoms with Crippen LogP contribution in [-0.4, -0.2) is 12.5 Å². The Morgan fingerprint density at radius 1 is 1.12 bits per heavy atom. The summed E-state index contributed by atoms with van der Waals surface area (Å²) in [5.41, 5.74) is 5.73. The molecule has 0 fully saturated rings. The van der Waals surface area contributed by atoms with Crippen LogP contribution in [-0.2, 0) is 13.0 Å². The van der Waals surface area contributed by atoms with Crippen molar-refractivity contribution >= 4 is 22.9 Å². The van der Waals surface area contributed by atoms with Gasteiger partial charge in [-0.25, -0.2) is 0 Å². The van der Waals surface area contributed by atoms with Crippen LogP contribution in [0.15, 0.2) is 48.5 Å². The summed E-state index contributed by atoms with van der Waals surface area (Å²) in [6.07, 6.45) is 0.929. The van der Waals surface area contributed by atoms with Crippen LogP contribution in [0.25, 0.3) is 10.4 Å². The summed E-state index contributed by atoms with van der Waals surface area (Å²) < 4.78 is 5.89. The Hall–Kier alpha value is -2.59. The van der Waals surface area contributed by atoms with Crippen LogP contribution in [0.2, 0.25) is 0 Å². The molecule has 5 rings (SSSR count). The van der Waals surface area contributed by atoms with Crippen LogP contribution in [0.5, 0.6) is 5.75 Å². The predicted octanol–water partition coefficient (Wildman–Crippen LogP) is 4.82. The lowest BCUT2D eigenvalue weighted by Crippen LogP contribution is -2.28. The molecule has 0 aliphatic carbocycles. The van der Waals surface area contributed by atoms with Crippen molar-refractivity contribution in [3.05, 3.63) is 70.1 Å². The van der Waals surface area contributed by atoms with Crippen molar-refractivity contribution < 1.29 is 9.53 Å². The molecule has 124 valence electrons. The molecule has 2 aromatic carbocycles. The highest BCUT2D eigenvalue weighted by Crippen LogP contribution is 2.44. The summed E-state index contributed by atoms with van der Waals surface area (Å²) >= 11 is 1.59. The molecule has 1 aromatic heterocycles. The maximum Gasteiger partial charge on any atom is 0.268 e. The van der Waals surface area contributed by atoms with E-state index >= 15 is 0 Å². The summed E-state index contributed by atoms with van der Waals surface area (Å²) in [6, 6.07) is 16.3. The number of rotatable bonds is 1. The second-order valence-electron chi connectivity index (χ2n) is 6.54. The number of para-hydroxylation sites is 1. The van der Waals surface area contributed by atoms with Gasteiger partial charge in [0.2, 0.25) is 0 Å². The third-order valence-electron chi connectivity index (χ3n) is 5.00. The molecule has 2 aliphatic rings. The van der Waals surface area contributed by atoms with E-state index in [1.165, 1.54) is 16.0 Å². The van der Waals surface area contributed by atoms with E-state index in [0.29, 0.717) is 6.61 Å². The number of nitrogens with zero attached hydrogens (tertiary/aromatic N) is 1. The summed E-state index contributed by atoms with van der Waals surface area (Å²) in [7, 11) is 0. The smallest absolute Gasteiger partial charge is 0.268 e. The minimum absolute atomic E-state index is 0.0967. The van der Waals surface area contributed by atoms with Crippen molar-refractivity contribution in [2.75, 3.05) is 11.4 Å². The maximum atomic E-state index is 13.1. The number of fused-ring (bicyclic) bond motifs is 4. The zero-order valence-electron chi connectivity index (χ0n) is 13.9. The van der Waals surface area contributed by atoms with Crippen LogP contribution in [0.3, 0.4) is 0 Å². The van der Waals surface area contributed by atoms with Crippen molar-refractivity contribution in [2.45, 2.75) is 20.0 Å². The van der Waals surface area contributed by atoms with E-state index in [9.17, 15) is 4.79 Å². The van der Waals surface area contributed by atoms with E-state index < -0.39 is 0 Å². The number of anilines is 1. The van der Waals surface area contributed by atoms with Gasteiger partial charge in [0.1, 0.15) is 12.4 Å². The van der Waals surface area contributed by atoms with E-state index in [4.69, 9.17) is 4.74 Å². The van der Waals surface area contributed by atoms with Crippen LogP contribution in [0.1, 0.15) is 26.4 Å². The second-order valence-corrected chi connectivity index (χ2v) is 7.59. The number of benzene rings is 2. The molecule has 3 nitrogen and oxygen atoms in total. The Balaban J connectivity index is 1.56. The lowest BCUT2D eigenvalue weighted by molar-refractivity contribution is 0.0993. The first-order valence-corrected chi connectivity index (χ1v) is 9.29. The highest BCUT2D eigenvalue weighted by Gasteiger charge is 2.29. The van der Waals surface area contributed by atoms with Gasteiger partial charge < -0.3 is 9.64 Å². The highest BCUT2D eigenvalue weighted by molar-refractivity contribution is 7.17. The SMILES string of the molecule is Cc1cccc2c1-c1sc(C(=O)N3CCc4ccccc43)cc1CO2. The van der Waals surface area contributed by atoms with Crippen molar-refractivity contribution in [3.8, 4) is 16.2 Å². The molecule has 0 bridgehead atoms. The number of carbonyl (C=O) groups is 1. The number of amides is 1. The lowest BCUT2D eigenvalue weighted by atomic mass is 10.0. The average molecular weight is 347 g/mol. The number of thiophene rings is 1. The van der Waals surface area contributed by atoms with Gasteiger partial charge >= 0.3 is 0 Å².